The maximum absolute atomic E-state index is 11.2. The number of benzene rings is 1. The molecular formula is C14H14N4O3. The molecule has 0 spiro atoms. The molecule has 1 aliphatic rings. The molecular weight excluding hydrogens is 272 g/mol. The van der Waals surface area contributed by atoms with Gasteiger partial charge in [0.05, 0.1) is 12.0 Å². The van der Waals surface area contributed by atoms with Crippen LogP contribution in [0.2, 0.25) is 0 Å². The third-order valence-electron chi connectivity index (χ3n) is 3.56. The van der Waals surface area contributed by atoms with Gasteiger partial charge in [0.1, 0.15) is 6.33 Å². The Hall–Kier alpha value is -2.70. The van der Waals surface area contributed by atoms with Crippen LogP contribution in [0, 0.1) is 10.1 Å². The number of methoxy groups -OCH3 is 1. The number of aromatic nitrogens is 2. The number of nitro groups is 1. The molecule has 7 heteroatoms. The SMILES string of the molecule is COc1ncnc(NC2Cc3ccccc3C2)c1[N+](=O)[O-]. The molecule has 0 unspecified atom stereocenters. The number of hydrogen-bond donors (Lipinski definition) is 1. The second-order valence-electron chi connectivity index (χ2n) is 4.86. The second-order valence-corrected chi connectivity index (χ2v) is 4.86. The van der Waals surface area contributed by atoms with Crippen LogP contribution in [0.3, 0.4) is 0 Å². The van der Waals surface area contributed by atoms with Gasteiger partial charge in [-0.2, -0.15) is 4.98 Å². The van der Waals surface area contributed by atoms with Crippen LogP contribution in [0.1, 0.15) is 11.1 Å². The number of hydrogen-bond acceptors (Lipinski definition) is 6. The van der Waals surface area contributed by atoms with E-state index in [0.29, 0.717) is 0 Å². The van der Waals surface area contributed by atoms with E-state index in [1.54, 1.807) is 0 Å². The van der Waals surface area contributed by atoms with E-state index >= 15 is 0 Å². The number of rotatable bonds is 4. The van der Waals surface area contributed by atoms with E-state index in [-0.39, 0.29) is 23.4 Å². The fraction of sp³-hybridized carbons (Fsp3) is 0.286. The van der Waals surface area contributed by atoms with Gasteiger partial charge in [0.25, 0.3) is 5.88 Å². The van der Waals surface area contributed by atoms with Crippen LogP contribution in [-0.2, 0) is 12.8 Å². The standard InChI is InChI=1S/C14H14N4O3/c1-21-14-12(18(19)20)13(15-8-16-14)17-11-6-9-4-2-3-5-10(9)7-11/h2-5,8,11H,6-7H2,1H3,(H,15,16,17). The van der Waals surface area contributed by atoms with Crippen LogP contribution in [-0.4, -0.2) is 28.0 Å². The fourth-order valence-corrected chi connectivity index (χ4v) is 2.64. The first-order valence-electron chi connectivity index (χ1n) is 6.55. The van der Waals surface area contributed by atoms with E-state index in [1.165, 1.54) is 24.6 Å². The first-order valence-corrected chi connectivity index (χ1v) is 6.55. The number of nitrogens with one attached hydrogen (secondary N) is 1. The van der Waals surface area contributed by atoms with Gasteiger partial charge in [-0.25, -0.2) is 4.98 Å². The van der Waals surface area contributed by atoms with Gasteiger partial charge in [-0.05, 0) is 24.0 Å². The first-order chi connectivity index (χ1) is 10.2. The Balaban J connectivity index is 1.85. The predicted octanol–water partition coefficient (Wildman–Crippen LogP) is 1.97. The maximum Gasteiger partial charge on any atom is 0.372 e. The minimum atomic E-state index is -0.525. The van der Waals surface area contributed by atoms with E-state index in [9.17, 15) is 10.1 Å². The molecule has 0 atom stereocenters. The van der Waals surface area contributed by atoms with Crippen molar-refractivity contribution in [3.63, 3.8) is 0 Å². The van der Waals surface area contributed by atoms with E-state index in [4.69, 9.17) is 4.74 Å². The smallest absolute Gasteiger partial charge is 0.372 e. The third kappa shape index (κ3) is 2.49. The summed E-state index contributed by atoms with van der Waals surface area (Å²) in [7, 11) is 1.35. The van der Waals surface area contributed by atoms with Crippen molar-refractivity contribution in [2.75, 3.05) is 12.4 Å². The summed E-state index contributed by atoms with van der Waals surface area (Å²) in [5, 5.41) is 14.3. The lowest BCUT2D eigenvalue weighted by atomic mass is 10.1. The van der Waals surface area contributed by atoms with Crippen LogP contribution in [0.25, 0.3) is 0 Å². The maximum atomic E-state index is 11.2. The van der Waals surface area contributed by atoms with Crippen molar-refractivity contribution in [1.82, 2.24) is 9.97 Å². The highest BCUT2D eigenvalue weighted by Crippen LogP contribution is 2.32. The molecule has 0 radical (unpaired) electrons. The molecule has 1 aromatic heterocycles. The zero-order valence-electron chi connectivity index (χ0n) is 11.4. The summed E-state index contributed by atoms with van der Waals surface area (Å²) >= 11 is 0. The van der Waals surface area contributed by atoms with E-state index < -0.39 is 4.92 Å². The minimum absolute atomic E-state index is 0.0342. The normalized spacial score (nSPS) is 13.8. The van der Waals surface area contributed by atoms with Crippen LogP contribution in [0.4, 0.5) is 11.5 Å². The Morgan fingerprint density at radius 1 is 1.29 bits per heavy atom. The molecule has 108 valence electrons. The van der Waals surface area contributed by atoms with Gasteiger partial charge >= 0.3 is 5.69 Å². The molecule has 21 heavy (non-hydrogen) atoms. The molecule has 7 nitrogen and oxygen atoms in total. The van der Waals surface area contributed by atoms with Gasteiger partial charge in [-0.15, -0.1) is 0 Å². The van der Waals surface area contributed by atoms with Crippen molar-refractivity contribution in [3.05, 3.63) is 51.8 Å². The Morgan fingerprint density at radius 2 is 1.95 bits per heavy atom. The molecule has 1 heterocycles. The Labute approximate surface area is 121 Å². The summed E-state index contributed by atoms with van der Waals surface area (Å²) in [6.07, 6.45) is 2.90. The zero-order valence-corrected chi connectivity index (χ0v) is 11.4. The van der Waals surface area contributed by atoms with Crippen molar-refractivity contribution >= 4 is 11.5 Å². The lowest BCUT2D eigenvalue weighted by Crippen LogP contribution is -2.21. The van der Waals surface area contributed by atoms with Gasteiger partial charge in [0.15, 0.2) is 0 Å². The highest BCUT2D eigenvalue weighted by Gasteiger charge is 2.28. The lowest BCUT2D eigenvalue weighted by Gasteiger charge is -2.13. The van der Waals surface area contributed by atoms with Gasteiger partial charge in [0.2, 0.25) is 5.82 Å². The number of nitrogens with zero attached hydrogens (tertiary/aromatic N) is 3. The van der Waals surface area contributed by atoms with Crippen molar-refractivity contribution in [3.8, 4) is 5.88 Å². The number of fused-ring (bicyclic) bond motifs is 1. The highest BCUT2D eigenvalue weighted by atomic mass is 16.6. The molecule has 2 aromatic rings. The van der Waals surface area contributed by atoms with Crippen LogP contribution < -0.4 is 10.1 Å². The quantitative estimate of drug-likeness (QED) is 0.682. The number of ether oxygens (including phenoxy) is 1. The van der Waals surface area contributed by atoms with Crippen molar-refractivity contribution < 1.29 is 9.66 Å². The summed E-state index contributed by atoms with van der Waals surface area (Å²) in [6.45, 7) is 0. The van der Waals surface area contributed by atoms with Crippen LogP contribution in [0.15, 0.2) is 30.6 Å². The Morgan fingerprint density at radius 3 is 2.52 bits per heavy atom. The Bertz CT molecular complexity index is 665. The molecule has 0 saturated carbocycles. The second kappa shape index (κ2) is 5.35. The molecule has 0 aliphatic heterocycles. The molecule has 1 aliphatic carbocycles. The minimum Gasteiger partial charge on any atom is -0.476 e. The van der Waals surface area contributed by atoms with Gasteiger partial charge < -0.3 is 10.1 Å². The molecule has 0 fully saturated rings. The molecule has 0 bridgehead atoms. The predicted molar refractivity (Wildman–Crippen MR) is 76.5 cm³/mol. The van der Waals surface area contributed by atoms with Crippen molar-refractivity contribution in [2.45, 2.75) is 18.9 Å². The zero-order chi connectivity index (χ0) is 14.8. The average Bonchev–Trinajstić information content (AvgIpc) is 2.88. The summed E-state index contributed by atoms with van der Waals surface area (Å²) in [6, 6.07) is 8.23. The average molecular weight is 286 g/mol. The summed E-state index contributed by atoms with van der Waals surface area (Å²) in [4.78, 5) is 18.4. The molecule has 1 N–H and O–H groups in total. The molecule has 3 rings (SSSR count). The van der Waals surface area contributed by atoms with Gasteiger partial charge in [0, 0.05) is 6.04 Å². The summed E-state index contributed by atoms with van der Waals surface area (Å²) in [5.41, 5.74) is 2.30. The Kier molecular flexibility index (Phi) is 3.39. The fourth-order valence-electron chi connectivity index (χ4n) is 2.64. The van der Waals surface area contributed by atoms with Crippen LogP contribution in [0.5, 0.6) is 5.88 Å². The van der Waals surface area contributed by atoms with Crippen molar-refractivity contribution in [2.24, 2.45) is 0 Å². The van der Waals surface area contributed by atoms with Gasteiger partial charge in [-0.1, -0.05) is 24.3 Å². The number of anilines is 1. The first kappa shape index (κ1) is 13.3. The van der Waals surface area contributed by atoms with Crippen LogP contribution >= 0.6 is 0 Å². The molecule has 0 saturated heterocycles. The topological polar surface area (TPSA) is 90.2 Å². The van der Waals surface area contributed by atoms with Gasteiger partial charge in [-0.3, -0.25) is 10.1 Å². The lowest BCUT2D eigenvalue weighted by molar-refractivity contribution is -0.385. The third-order valence-corrected chi connectivity index (χ3v) is 3.56. The van der Waals surface area contributed by atoms with E-state index in [2.05, 4.69) is 27.4 Å². The largest absolute Gasteiger partial charge is 0.476 e. The van der Waals surface area contributed by atoms with E-state index in [1.807, 2.05) is 12.1 Å². The summed E-state index contributed by atoms with van der Waals surface area (Å²) < 4.78 is 4.94. The van der Waals surface area contributed by atoms with E-state index in [0.717, 1.165) is 12.8 Å². The molecule has 1 aromatic carbocycles. The monoisotopic (exact) mass is 286 g/mol. The highest BCUT2D eigenvalue weighted by molar-refractivity contribution is 5.62. The summed E-state index contributed by atoms with van der Waals surface area (Å²) in [5.74, 6) is 0.165. The molecule has 0 amide bonds. The van der Waals surface area contributed by atoms with Crippen molar-refractivity contribution in [1.29, 1.82) is 0 Å².